The predicted octanol–water partition coefficient (Wildman–Crippen LogP) is 1.89. The van der Waals surface area contributed by atoms with Crippen LogP contribution in [0.4, 0.5) is 9.59 Å². The van der Waals surface area contributed by atoms with Gasteiger partial charge >= 0.3 is 17.8 Å². The van der Waals surface area contributed by atoms with Gasteiger partial charge in [0.25, 0.3) is 10.2 Å². The summed E-state index contributed by atoms with van der Waals surface area (Å²) in [5.74, 6) is 0. The van der Waals surface area contributed by atoms with Crippen LogP contribution >= 0.6 is 0 Å². The fraction of sp³-hybridized carbons (Fsp3) is 0.679. The molecule has 2 bridgehead atoms. The zero-order valence-electron chi connectivity index (χ0n) is 24.9. The number of aromatic nitrogens is 2. The van der Waals surface area contributed by atoms with E-state index < -0.39 is 16.3 Å². The molecule has 2 amide bonds. The van der Waals surface area contributed by atoms with Crippen LogP contribution < -0.4 is 11.0 Å². The summed E-state index contributed by atoms with van der Waals surface area (Å²) in [7, 11) is -0.488. The fourth-order valence-electron chi connectivity index (χ4n) is 6.69. The molecule has 0 aliphatic carbocycles. The van der Waals surface area contributed by atoms with Crippen LogP contribution in [-0.2, 0) is 14.9 Å². The van der Waals surface area contributed by atoms with Crippen molar-refractivity contribution >= 4 is 33.4 Å². The first kappa shape index (κ1) is 30.5. The normalized spacial score (nSPS) is 23.7. The summed E-state index contributed by atoms with van der Waals surface area (Å²) in [5, 5.41) is 3.14. The quantitative estimate of drug-likeness (QED) is 0.455. The number of piperidine rings is 1. The molecule has 14 heteroatoms. The van der Waals surface area contributed by atoms with E-state index in [4.69, 9.17) is 4.74 Å². The smallest absolute Gasteiger partial charge is 0.409 e. The molecule has 232 valence electrons. The summed E-state index contributed by atoms with van der Waals surface area (Å²) < 4.78 is 35.5. The molecule has 2 unspecified atom stereocenters. The third-order valence-electron chi connectivity index (χ3n) is 8.78. The highest BCUT2D eigenvalue weighted by atomic mass is 32.2. The van der Waals surface area contributed by atoms with Crippen molar-refractivity contribution in [1.29, 1.82) is 0 Å². The number of fused-ring (bicyclic) bond motifs is 3. The Kier molecular flexibility index (Phi) is 8.97. The van der Waals surface area contributed by atoms with E-state index in [1.807, 2.05) is 38.1 Å². The molecule has 42 heavy (non-hydrogen) atoms. The summed E-state index contributed by atoms with van der Waals surface area (Å²) in [6, 6.07) is 7.62. The molecule has 1 aromatic heterocycles. The molecule has 2 atom stereocenters. The fourth-order valence-corrected chi connectivity index (χ4v) is 7.78. The molecule has 1 aromatic carbocycles. The van der Waals surface area contributed by atoms with E-state index in [0.717, 1.165) is 37.7 Å². The van der Waals surface area contributed by atoms with Crippen LogP contribution in [0.1, 0.15) is 52.0 Å². The standard InChI is InChI=1S/C28H43N7O6S/c1-20(2)34-24-8-5-6-9-25(24)35(27(34)37)26(36)29-21-18-22-10-11-23(19-21)33(22)12-7-17-41-28(38)31-13-15-32(16-14-31)42(39,40)30(3)4/h5-6,8-9,20-23H,7,10-19H2,1-4H3,(H,29,36). The van der Waals surface area contributed by atoms with Crippen molar-refractivity contribution in [3.63, 3.8) is 0 Å². The Bertz CT molecular complexity index is 1450. The van der Waals surface area contributed by atoms with E-state index in [-0.39, 0.29) is 36.9 Å². The zero-order valence-corrected chi connectivity index (χ0v) is 25.8. The molecule has 3 saturated heterocycles. The van der Waals surface area contributed by atoms with E-state index in [1.165, 1.54) is 27.3 Å². The Morgan fingerprint density at radius 1 is 1.02 bits per heavy atom. The third-order valence-corrected chi connectivity index (χ3v) is 10.7. The van der Waals surface area contributed by atoms with Crippen molar-refractivity contribution in [3.05, 3.63) is 34.7 Å². The molecule has 0 spiro atoms. The number of piperazine rings is 1. The number of imidazole rings is 1. The predicted molar refractivity (Wildman–Crippen MR) is 159 cm³/mol. The number of carbonyl (C=O) groups excluding carboxylic acids is 2. The maximum absolute atomic E-state index is 13.3. The second kappa shape index (κ2) is 12.3. The molecule has 2 aromatic rings. The Labute approximate surface area is 247 Å². The van der Waals surface area contributed by atoms with Crippen molar-refractivity contribution in [2.45, 2.75) is 70.1 Å². The minimum absolute atomic E-state index is 0.00730. The second-order valence-electron chi connectivity index (χ2n) is 12.0. The highest BCUT2D eigenvalue weighted by Crippen LogP contribution is 2.36. The molecular formula is C28H43N7O6S. The molecule has 3 aliphatic rings. The molecule has 5 rings (SSSR count). The monoisotopic (exact) mass is 605 g/mol. The van der Waals surface area contributed by atoms with Crippen molar-refractivity contribution in [1.82, 2.24) is 32.9 Å². The lowest BCUT2D eigenvalue weighted by atomic mass is 9.97. The van der Waals surface area contributed by atoms with Gasteiger partial charge in [-0.3, -0.25) is 9.47 Å². The number of nitrogens with one attached hydrogen (secondary N) is 1. The van der Waals surface area contributed by atoms with Crippen molar-refractivity contribution in [2.75, 3.05) is 53.4 Å². The van der Waals surface area contributed by atoms with Crippen LogP contribution in [0.3, 0.4) is 0 Å². The van der Waals surface area contributed by atoms with Gasteiger partial charge in [0.15, 0.2) is 0 Å². The highest BCUT2D eigenvalue weighted by molar-refractivity contribution is 7.86. The van der Waals surface area contributed by atoms with E-state index in [2.05, 4.69) is 10.2 Å². The van der Waals surface area contributed by atoms with Crippen LogP contribution in [0.25, 0.3) is 11.0 Å². The Morgan fingerprint density at radius 3 is 2.24 bits per heavy atom. The van der Waals surface area contributed by atoms with Gasteiger partial charge < -0.3 is 15.0 Å². The average Bonchev–Trinajstić information content (AvgIpc) is 3.38. The van der Waals surface area contributed by atoms with Crippen molar-refractivity contribution < 1.29 is 22.7 Å². The average molecular weight is 606 g/mol. The van der Waals surface area contributed by atoms with E-state index >= 15 is 0 Å². The number of carbonyl (C=O) groups is 2. The largest absolute Gasteiger partial charge is 0.449 e. The van der Waals surface area contributed by atoms with Gasteiger partial charge in [0.05, 0.1) is 17.6 Å². The number of rotatable bonds is 8. The lowest BCUT2D eigenvalue weighted by Crippen LogP contribution is -2.53. The van der Waals surface area contributed by atoms with Gasteiger partial charge in [-0.15, -0.1) is 0 Å². The summed E-state index contributed by atoms with van der Waals surface area (Å²) in [6.45, 7) is 6.09. The number of hydrogen-bond donors (Lipinski definition) is 1. The van der Waals surface area contributed by atoms with Crippen LogP contribution in [0.2, 0.25) is 0 Å². The highest BCUT2D eigenvalue weighted by Gasteiger charge is 2.41. The van der Waals surface area contributed by atoms with Crippen LogP contribution in [-0.4, -0.2) is 120 Å². The first-order valence-electron chi connectivity index (χ1n) is 14.9. The van der Waals surface area contributed by atoms with Gasteiger partial charge in [0, 0.05) is 71.0 Å². The maximum atomic E-state index is 13.3. The lowest BCUT2D eigenvalue weighted by Gasteiger charge is -2.39. The van der Waals surface area contributed by atoms with Crippen molar-refractivity contribution in [3.8, 4) is 0 Å². The molecule has 3 fully saturated rings. The minimum atomic E-state index is -3.48. The van der Waals surface area contributed by atoms with Crippen LogP contribution in [0.5, 0.6) is 0 Å². The minimum Gasteiger partial charge on any atom is -0.449 e. The van der Waals surface area contributed by atoms with Gasteiger partial charge in [0.2, 0.25) is 0 Å². The number of hydrogen-bond acceptors (Lipinski definition) is 7. The number of amides is 2. The molecule has 0 radical (unpaired) electrons. The SMILES string of the molecule is CC(C)n1c(=O)n(C(=O)NC2CC3CCC(C2)N3CCCOC(=O)N2CCN(S(=O)(=O)N(C)C)CC2)c2ccccc21. The topological polar surface area (TPSA) is 129 Å². The first-order valence-corrected chi connectivity index (χ1v) is 16.3. The molecule has 1 N–H and O–H groups in total. The summed E-state index contributed by atoms with van der Waals surface area (Å²) in [5.41, 5.74) is 1.05. The molecule has 13 nitrogen and oxygen atoms in total. The molecule has 4 heterocycles. The zero-order chi connectivity index (χ0) is 30.2. The van der Waals surface area contributed by atoms with E-state index in [1.54, 1.807) is 9.47 Å². The summed E-state index contributed by atoms with van der Waals surface area (Å²) in [6.07, 6.45) is 4.05. The number of para-hydroxylation sites is 2. The van der Waals surface area contributed by atoms with Gasteiger partial charge in [-0.2, -0.15) is 17.0 Å². The Hall–Kier alpha value is -2.94. The third kappa shape index (κ3) is 5.94. The summed E-state index contributed by atoms with van der Waals surface area (Å²) >= 11 is 0. The van der Waals surface area contributed by atoms with Gasteiger partial charge in [-0.1, -0.05) is 12.1 Å². The lowest BCUT2D eigenvalue weighted by molar-refractivity contribution is 0.0753. The van der Waals surface area contributed by atoms with Gasteiger partial charge in [-0.05, 0) is 58.1 Å². The number of ether oxygens (including phenoxy) is 1. The Balaban J connectivity index is 1.09. The van der Waals surface area contributed by atoms with E-state index in [9.17, 15) is 22.8 Å². The molecular weight excluding hydrogens is 562 g/mol. The van der Waals surface area contributed by atoms with Crippen LogP contribution in [0.15, 0.2) is 29.1 Å². The van der Waals surface area contributed by atoms with Gasteiger partial charge in [0.1, 0.15) is 0 Å². The number of benzene rings is 1. The first-order chi connectivity index (χ1) is 20.0. The van der Waals surface area contributed by atoms with E-state index in [0.29, 0.717) is 43.7 Å². The molecule has 0 saturated carbocycles. The van der Waals surface area contributed by atoms with Crippen LogP contribution in [0, 0.1) is 0 Å². The number of nitrogens with zero attached hydrogens (tertiary/aromatic N) is 6. The maximum Gasteiger partial charge on any atom is 0.409 e. The van der Waals surface area contributed by atoms with Crippen molar-refractivity contribution in [2.24, 2.45) is 0 Å². The second-order valence-corrected chi connectivity index (χ2v) is 14.1. The van der Waals surface area contributed by atoms with Gasteiger partial charge in [-0.25, -0.2) is 19.0 Å². The molecule has 3 aliphatic heterocycles. The summed E-state index contributed by atoms with van der Waals surface area (Å²) in [4.78, 5) is 43.1. The Morgan fingerprint density at radius 2 is 1.64 bits per heavy atom.